The van der Waals surface area contributed by atoms with Gasteiger partial charge in [0.15, 0.2) is 0 Å². The summed E-state index contributed by atoms with van der Waals surface area (Å²) in [6.07, 6.45) is 8.34. The number of hydrogen-bond donors (Lipinski definition) is 1. The summed E-state index contributed by atoms with van der Waals surface area (Å²) in [5, 5.41) is 9.07. The van der Waals surface area contributed by atoms with Crippen molar-refractivity contribution in [2.45, 2.75) is 26.3 Å². The molecule has 0 radical (unpaired) electrons. The van der Waals surface area contributed by atoms with Crippen molar-refractivity contribution >= 4 is 5.97 Å². The average molecular weight is 205 g/mol. The monoisotopic (exact) mass is 205 g/mol. The number of aromatic carboxylic acids is 1. The molecule has 0 bridgehead atoms. The summed E-state index contributed by atoms with van der Waals surface area (Å²) in [6, 6.07) is 1.87. The number of rotatable bonds is 3. The van der Waals surface area contributed by atoms with Gasteiger partial charge in [0.1, 0.15) is 5.69 Å². The van der Waals surface area contributed by atoms with Crippen molar-refractivity contribution in [3.63, 3.8) is 0 Å². The van der Waals surface area contributed by atoms with Crippen molar-refractivity contribution in [3.05, 3.63) is 35.7 Å². The van der Waals surface area contributed by atoms with E-state index in [-0.39, 0.29) is 0 Å². The van der Waals surface area contributed by atoms with Crippen LogP contribution in [0.1, 0.15) is 28.9 Å². The molecular weight excluding hydrogens is 190 g/mol. The fourth-order valence-corrected chi connectivity index (χ4v) is 2.13. The first-order chi connectivity index (χ1) is 7.18. The van der Waals surface area contributed by atoms with E-state index in [4.69, 9.17) is 5.11 Å². The Morgan fingerprint density at radius 3 is 2.80 bits per heavy atom. The summed E-state index contributed by atoms with van der Waals surface area (Å²) in [4.78, 5) is 11.0. The molecule has 15 heavy (non-hydrogen) atoms. The molecule has 2 rings (SSSR count). The van der Waals surface area contributed by atoms with Crippen LogP contribution in [-0.2, 0) is 6.54 Å². The number of allylic oxidation sites excluding steroid dienone is 2. The third kappa shape index (κ3) is 1.96. The van der Waals surface area contributed by atoms with Crippen LogP contribution in [0.15, 0.2) is 24.4 Å². The second-order valence-corrected chi connectivity index (χ2v) is 4.11. The molecular formula is C12H15NO2. The highest BCUT2D eigenvalue weighted by molar-refractivity contribution is 5.87. The Hall–Kier alpha value is -1.51. The molecule has 1 N–H and O–H groups in total. The SMILES string of the molecule is Cc1ccn(CC2CC=CC2)c1C(=O)O. The van der Waals surface area contributed by atoms with Gasteiger partial charge in [-0.3, -0.25) is 0 Å². The highest BCUT2D eigenvalue weighted by Crippen LogP contribution is 2.21. The lowest BCUT2D eigenvalue weighted by atomic mass is 10.1. The van der Waals surface area contributed by atoms with E-state index < -0.39 is 5.97 Å². The number of aromatic nitrogens is 1. The average Bonchev–Trinajstić information content (AvgIpc) is 2.76. The minimum absolute atomic E-state index is 0.432. The minimum atomic E-state index is -0.830. The topological polar surface area (TPSA) is 42.2 Å². The third-order valence-corrected chi connectivity index (χ3v) is 2.93. The van der Waals surface area contributed by atoms with Gasteiger partial charge in [-0.1, -0.05) is 12.2 Å². The third-order valence-electron chi connectivity index (χ3n) is 2.93. The van der Waals surface area contributed by atoms with Crippen LogP contribution in [0.5, 0.6) is 0 Å². The Labute approximate surface area is 89.0 Å². The molecule has 3 heteroatoms. The number of carboxylic acid groups (broad SMARTS) is 1. The summed E-state index contributed by atoms with van der Waals surface area (Å²) in [6.45, 7) is 2.65. The maximum atomic E-state index is 11.0. The first kappa shape index (κ1) is 10.0. The number of nitrogens with zero attached hydrogens (tertiary/aromatic N) is 1. The molecule has 0 fully saturated rings. The van der Waals surface area contributed by atoms with E-state index in [1.165, 1.54) is 0 Å². The zero-order chi connectivity index (χ0) is 10.8. The fraction of sp³-hybridized carbons (Fsp3) is 0.417. The molecule has 3 nitrogen and oxygen atoms in total. The molecule has 1 aliphatic rings. The van der Waals surface area contributed by atoms with Crippen molar-refractivity contribution in [2.75, 3.05) is 0 Å². The van der Waals surface area contributed by atoms with Crippen LogP contribution < -0.4 is 0 Å². The van der Waals surface area contributed by atoms with Gasteiger partial charge in [0.05, 0.1) is 0 Å². The normalized spacial score (nSPS) is 16.1. The van der Waals surface area contributed by atoms with E-state index in [1.54, 1.807) is 0 Å². The van der Waals surface area contributed by atoms with Gasteiger partial charge < -0.3 is 9.67 Å². The van der Waals surface area contributed by atoms with Crippen LogP contribution >= 0.6 is 0 Å². The van der Waals surface area contributed by atoms with Crippen molar-refractivity contribution in [1.29, 1.82) is 0 Å². The van der Waals surface area contributed by atoms with E-state index in [0.717, 1.165) is 24.9 Å². The highest BCUT2D eigenvalue weighted by atomic mass is 16.4. The number of hydrogen-bond acceptors (Lipinski definition) is 1. The van der Waals surface area contributed by atoms with Gasteiger partial charge in [-0.25, -0.2) is 4.79 Å². The van der Waals surface area contributed by atoms with Crippen molar-refractivity contribution in [2.24, 2.45) is 5.92 Å². The molecule has 0 spiro atoms. The van der Waals surface area contributed by atoms with E-state index in [0.29, 0.717) is 11.6 Å². The largest absolute Gasteiger partial charge is 0.477 e. The second-order valence-electron chi connectivity index (χ2n) is 4.11. The molecule has 0 aliphatic heterocycles. The summed E-state index contributed by atoms with van der Waals surface area (Å²) in [5.74, 6) is -0.265. The zero-order valence-corrected chi connectivity index (χ0v) is 8.81. The molecule has 0 atom stereocenters. The van der Waals surface area contributed by atoms with E-state index in [2.05, 4.69) is 12.2 Å². The second kappa shape index (κ2) is 3.93. The van der Waals surface area contributed by atoms with Gasteiger partial charge in [-0.15, -0.1) is 0 Å². The lowest BCUT2D eigenvalue weighted by molar-refractivity contribution is 0.0683. The fourth-order valence-electron chi connectivity index (χ4n) is 2.13. The maximum absolute atomic E-state index is 11.0. The van der Waals surface area contributed by atoms with E-state index >= 15 is 0 Å². The maximum Gasteiger partial charge on any atom is 0.352 e. The van der Waals surface area contributed by atoms with Crippen LogP contribution in [0.3, 0.4) is 0 Å². The first-order valence-corrected chi connectivity index (χ1v) is 5.22. The highest BCUT2D eigenvalue weighted by Gasteiger charge is 2.17. The van der Waals surface area contributed by atoms with Gasteiger partial charge in [-0.05, 0) is 37.3 Å². The Kier molecular flexibility index (Phi) is 2.62. The van der Waals surface area contributed by atoms with Crippen LogP contribution in [0.25, 0.3) is 0 Å². The lowest BCUT2D eigenvalue weighted by Crippen LogP contribution is -2.13. The molecule has 0 aromatic carbocycles. The number of carbonyl (C=O) groups is 1. The summed E-state index contributed by atoms with van der Waals surface area (Å²) in [7, 11) is 0. The minimum Gasteiger partial charge on any atom is -0.477 e. The van der Waals surface area contributed by atoms with Crippen molar-refractivity contribution in [1.82, 2.24) is 4.57 Å². The van der Waals surface area contributed by atoms with Gasteiger partial charge in [-0.2, -0.15) is 0 Å². The van der Waals surface area contributed by atoms with Crippen LogP contribution in [0.2, 0.25) is 0 Å². The van der Waals surface area contributed by atoms with Crippen molar-refractivity contribution < 1.29 is 9.90 Å². The van der Waals surface area contributed by atoms with Gasteiger partial charge in [0, 0.05) is 12.7 Å². The van der Waals surface area contributed by atoms with Crippen LogP contribution in [0.4, 0.5) is 0 Å². The lowest BCUT2D eigenvalue weighted by Gasteiger charge is -2.12. The molecule has 0 amide bonds. The summed E-state index contributed by atoms with van der Waals surface area (Å²) < 4.78 is 1.86. The van der Waals surface area contributed by atoms with Gasteiger partial charge in [0.25, 0.3) is 0 Å². The molecule has 0 saturated heterocycles. The Bertz CT molecular complexity index is 396. The molecule has 0 unspecified atom stereocenters. The Morgan fingerprint density at radius 1 is 1.53 bits per heavy atom. The van der Waals surface area contributed by atoms with Crippen molar-refractivity contribution in [3.8, 4) is 0 Å². The zero-order valence-electron chi connectivity index (χ0n) is 8.81. The molecule has 1 heterocycles. The quantitative estimate of drug-likeness (QED) is 0.770. The molecule has 80 valence electrons. The van der Waals surface area contributed by atoms with E-state index in [9.17, 15) is 4.79 Å². The Balaban J connectivity index is 2.17. The number of aryl methyl sites for hydroxylation is 1. The molecule has 1 aromatic heterocycles. The van der Waals surface area contributed by atoms with Gasteiger partial charge >= 0.3 is 5.97 Å². The predicted molar refractivity (Wildman–Crippen MR) is 58.0 cm³/mol. The molecule has 0 saturated carbocycles. The van der Waals surface area contributed by atoms with E-state index in [1.807, 2.05) is 23.8 Å². The smallest absolute Gasteiger partial charge is 0.352 e. The number of carboxylic acids is 1. The van der Waals surface area contributed by atoms with Crippen LogP contribution in [-0.4, -0.2) is 15.6 Å². The van der Waals surface area contributed by atoms with Gasteiger partial charge in [0.2, 0.25) is 0 Å². The molecule has 1 aromatic rings. The molecule has 1 aliphatic carbocycles. The Morgan fingerprint density at radius 2 is 2.20 bits per heavy atom. The summed E-state index contributed by atoms with van der Waals surface area (Å²) >= 11 is 0. The summed E-state index contributed by atoms with van der Waals surface area (Å²) in [5.41, 5.74) is 1.27. The first-order valence-electron chi connectivity index (χ1n) is 5.22. The predicted octanol–water partition coefficient (Wildman–Crippen LogP) is 2.46. The standard InChI is InChI=1S/C12H15NO2/c1-9-6-7-13(11(9)12(14)15)8-10-4-2-3-5-10/h2-3,6-7,10H,4-5,8H2,1H3,(H,14,15). The van der Waals surface area contributed by atoms with Crippen LogP contribution in [0, 0.1) is 12.8 Å².